The minimum Gasteiger partial charge on any atom is -0.468 e. The van der Waals surface area contributed by atoms with Gasteiger partial charge in [0.15, 0.2) is 0 Å². The van der Waals surface area contributed by atoms with Gasteiger partial charge < -0.3 is 10.2 Å². The predicted octanol–water partition coefficient (Wildman–Crippen LogP) is 0.464. The van der Waals surface area contributed by atoms with E-state index in [1.54, 1.807) is 17.8 Å². The Morgan fingerprint density at radius 1 is 1.73 bits per heavy atom. The van der Waals surface area contributed by atoms with Crippen molar-refractivity contribution in [3.63, 3.8) is 0 Å². The Hall–Kier alpha value is -0.980. The second-order valence-electron chi connectivity index (χ2n) is 3.27. The number of nitrogens with two attached hydrogens (primary N) is 2. The number of thioether (sulfide) groups is 1. The lowest BCUT2D eigenvalue weighted by Gasteiger charge is -2.01. The summed E-state index contributed by atoms with van der Waals surface area (Å²) in [6, 6.07) is 1.84. The average molecular weight is 229 g/mol. The fourth-order valence-corrected chi connectivity index (χ4v) is 1.85. The number of amides is 1. The molecule has 0 spiro atoms. The van der Waals surface area contributed by atoms with Gasteiger partial charge in [-0.25, -0.2) is 5.84 Å². The zero-order valence-electron chi connectivity index (χ0n) is 8.53. The van der Waals surface area contributed by atoms with E-state index in [-0.39, 0.29) is 11.9 Å². The fourth-order valence-electron chi connectivity index (χ4n) is 1.00. The number of furan rings is 1. The van der Waals surface area contributed by atoms with Crippen LogP contribution in [0.3, 0.4) is 0 Å². The summed E-state index contributed by atoms with van der Waals surface area (Å²) in [4.78, 5) is 11.1. The number of rotatable bonds is 5. The van der Waals surface area contributed by atoms with Crippen molar-refractivity contribution in [2.45, 2.75) is 18.7 Å². The third kappa shape index (κ3) is 3.94. The van der Waals surface area contributed by atoms with E-state index >= 15 is 0 Å². The first kappa shape index (κ1) is 12.1. The number of carbonyl (C=O) groups excluding carboxylic acids is 1. The Labute approximate surface area is 92.5 Å². The van der Waals surface area contributed by atoms with Gasteiger partial charge in [-0.15, -0.1) is 0 Å². The zero-order valence-corrected chi connectivity index (χ0v) is 9.34. The summed E-state index contributed by atoms with van der Waals surface area (Å²) in [5.74, 6) is 6.96. The van der Waals surface area contributed by atoms with Crippen molar-refractivity contribution in [1.29, 1.82) is 0 Å². The van der Waals surface area contributed by atoms with Crippen LogP contribution in [0.25, 0.3) is 0 Å². The van der Waals surface area contributed by atoms with Crippen molar-refractivity contribution in [2.24, 2.45) is 11.6 Å². The van der Waals surface area contributed by atoms with Crippen LogP contribution in [0.1, 0.15) is 23.0 Å². The Kier molecular flexibility index (Phi) is 4.67. The lowest BCUT2D eigenvalue weighted by molar-refractivity contribution is 0.0953. The number of hydrogen-bond donors (Lipinski definition) is 3. The molecule has 5 N–H and O–H groups in total. The van der Waals surface area contributed by atoms with Crippen molar-refractivity contribution in [2.75, 3.05) is 5.75 Å². The van der Waals surface area contributed by atoms with E-state index in [0.29, 0.717) is 11.3 Å². The maximum atomic E-state index is 11.1. The van der Waals surface area contributed by atoms with Crippen LogP contribution in [-0.2, 0) is 5.75 Å². The molecule has 0 aliphatic carbocycles. The van der Waals surface area contributed by atoms with Crippen molar-refractivity contribution in [1.82, 2.24) is 5.43 Å². The second-order valence-corrected chi connectivity index (χ2v) is 4.30. The van der Waals surface area contributed by atoms with Crippen LogP contribution in [0.4, 0.5) is 0 Å². The maximum absolute atomic E-state index is 11.1. The Balaban J connectivity index is 2.43. The summed E-state index contributed by atoms with van der Waals surface area (Å²) < 4.78 is 5.19. The first-order valence-electron chi connectivity index (χ1n) is 4.55. The molecule has 1 rings (SSSR count). The molecule has 1 heterocycles. The summed E-state index contributed by atoms with van der Waals surface area (Å²) in [5, 5.41) is 0. The first-order chi connectivity index (χ1) is 7.13. The van der Waals surface area contributed by atoms with Gasteiger partial charge in [-0.1, -0.05) is 0 Å². The smallest absolute Gasteiger partial charge is 0.268 e. The van der Waals surface area contributed by atoms with Crippen LogP contribution >= 0.6 is 11.8 Å². The van der Waals surface area contributed by atoms with E-state index in [2.05, 4.69) is 0 Å². The van der Waals surface area contributed by atoms with Gasteiger partial charge in [-0.2, -0.15) is 11.8 Å². The highest BCUT2D eigenvalue weighted by Crippen LogP contribution is 2.15. The summed E-state index contributed by atoms with van der Waals surface area (Å²) in [6.07, 6.45) is 1.39. The third-order valence-corrected chi connectivity index (χ3v) is 2.92. The van der Waals surface area contributed by atoms with Crippen LogP contribution in [0.15, 0.2) is 16.7 Å². The normalized spacial score (nSPS) is 12.5. The van der Waals surface area contributed by atoms with Crippen LogP contribution in [0.5, 0.6) is 0 Å². The number of carbonyl (C=O) groups is 1. The van der Waals surface area contributed by atoms with E-state index in [4.69, 9.17) is 16.0 Å². The van der Waals surface area contributed by atoms with E-state index in [1.807, 2.05) is 12.3 Å². The SMILES string of the molecule is CC(N)CSCc1cc(C(=O)NN)co1. The van der Waals surface area contributed by atoms with Crippen molar-refractivity contribution < 1.29 is 9.21 Å². The van der Waals surface area contributed by atoms with Crippen LogP contribution in [-0.4, -0.2) is 17.7 Å². The Bertz CT molecular complexity index is 325. The number of nitrogen functional groups attached to an aromatic ring is 1. The summed E-state index contributed by atoms with van der Waals surface area (Å²) in [5.41, 5.74) is 8.08. The molecule has 0 aromatic carbocycles. The molecule has 0 aliphatic rings. The highest BCUT2D eigenvalue weighted by molar-refractivity contribution is 7.98. The molecule has 0 bridgehead atoms. The summed E-state index contributed by atoms with van der Waals surface area (Å²) in [6.45, 7) is 1.95. The zero-order chi connectivity index (χ0) is 11.3. The minimum absolute atomic E-state index is 0.164. The molecule has 5 nitrogen and oxygen atoms in total. The molecule has 6 heteroatoms. The van der Waals surface area contributed by atoms with E-state index in [9.17, 15) is 4.79 Å². The van der Waals surface area contributed by atoms with Gasteiger partial charge in [0.05, 0.1) is 11.3 Å². The molecule has 1 atom stereocenters. The van der Waals surface area contributed by atoms with Crippen LogP contribution < -0.4 is 17.0 Å². The highest BCUT2D eigenvalue weighted by Gasteiger charge is 2.08. The monoisotopic (exact) mass is 229 g/mol. The predicted molar refractivity (Wildman–Crippen MR) is 60.2 cm³/mol. The molecular formula is C9H15N3O2S. The van der Waals surface area contributed by atoms with Crippen molar-refractivity contribution >= 4 is 17.7 Å². The summed E-state index contributed by atoms with van der Waals surface area (Å²) in [7, 11) is 0. The molecular weight excluding hydrogens is 214 g/mol. The molecule has 1 aromatic heterocycles. The lowest BCUT2D eigenvalue weighted by atomic mass is 10.3. The lowest BCUT2D eigenvalue weighted by Crippen LogP contribution is -2.29. The highest BCUT2D eigenvalue weighted by atomic mass is 32.2. The molecule has 15 heavy (non-hydrogen) atoms. The first-order valence-corrected chi connectivity index (χ1v) is 5.70. The van der Waals surface area contributed by atoms with Crippen molar-refractivity contribution in [3.05, 3.63) is 23.7 Å². The van der Waals surface area contributed by atoms with E-state index in [0.717, 1.165) is 11.5 Å². The molecule has 1 aromatic rings. The van der Waals surface area contributed by atoms with E-state index < -0.39 is 0 Å². The number of hydrazine groups is 1. The van der Waals surface area contributed by atoms with Gasteiger partial charge in [0.25, 0.3) is 5.91 Å². The third-order valence-electron chi connectivity index (χ3n) is 1.67. The quantitative estimate of drug-likeness (QED) is 0.387. The number of nitrogens with one attached hydrogen (secondary N) is 1. The molecule has 0 saturated carbocycles. The van der Waals surface area contributed by atoms with Gasteiger partial charge >= 0.3 is 0 Å². The molecule has 0 radical (unpaired) electrons. The molecule has 1 unspecified atom stereocenters. The Morgan fingerprint density at radius 3 is 3.07 bits per heavy atom. The van der Waals surface area contributed by atoms with Crippen molar-refractivity contribution in [3.8, 4) is 0 Å². The van der Waals surface area contributed by atoms with Crippen LogP contribution in [0.2, 0.25) is 0 Å². The topological polar surface area (TPSA) is 94.3 Å². The summed E-state index contributed by atoms with van der Waals surface area (Å²) >= 11 is 1.67. The van der Waals surface area contributed by atoms with Crippen LogP contribution in [0, 0.1) is 0 Å². The van der Waals surface area contributed by atoms with Gasteiger partial charge in [-0.3, -0.25) is 10.2 Å². The minimum atomic E-state index is -0.345. The fraction of sp³-hybridized carbons (Fsp3) is 0.444. The molecule has 84 valence electrons. The van der Waals surface area contributed by atoms with Gasteiger partial charge in [0.1, 0.15) is 12.0 Å². The largest absolute Gasteiger partial charge is 0.468 e. The molecule has 1 amide bonds. The standard InChI is InChI=1S/C9H15N3O2S/c1-6(10)4-15-5-8-2-7(3-14-8)9(13)12-11/h2-3,6H,4-5,10-11H2,1H3,(H,12,13). The van der Waals surface area contributed by atoms with Gasteiger partial charge in [0.2, 0.25) is 0 Å². The maximum Gasteiger partial charge on any atom is 0.268 e. The Morgan fingerprint density at radius 2 is 2.47 bits per heavy atom. The molecule has 0 aliphatic heterocycles. The average Bonchev–Trinajstić information content (AvgIpc) is 2.65. The van der Waals surface area contributed by atoms with Gasteiger partial charge in [0, 0.05) is 11.8 Å². The van der Waals surface area contributed by atoms with Gasteiger partial charge in [-0.05, 0) is 13.0 Å². The molecule has 0 fully saturated rings. The second kappa shape index (κ2) is 5.79. The number of hydrogen-bond acceptors (Lipinski definition) is 5. The van der Waals surface area contributed by atoms with E-state index in [1.165, 1.54) is 6.26 Å². The molecule has 0 saturated heterocycles.